The number of benzene rings is 4. The van der Waals surface area contributed by atoms with E-state index in [0.717, 1.165) is 43.5 Å². The van der Waals surface area contributed by atoms with E-state index in [-0.39, 0.29) is 0 Å². The molecule has 2 heterocycles. The highest BCUT2D eigenvalue weighted by molar-refractivity contribution is 7.32. The smallest absolute Gasteiger partial charge is 0.390 e. The molecule has 4 aromatic carbocycles. The first kappa shape index (κ1) is 17.1. The van der Waals surface area contributed by atoms with Crippen LogP contribution in [0.2, 0.25) is 0 Å². The largest absolute Gasteiger partial charge is 0.454 e. The van der Waals surface area contributed by atoms with Gasteiger partial charge in [-0.2, -0.15) is 0 Å². The molecule has 6 rings (SSSR count). The quantitative estimate of drug-likeness (QED) is 0.292. The van der Waals surface area contributed by atoms with Crippen LogP contribution < -0.4 is 4.52 Å². The van der Waals surface area contributed by atoms with E-state index in [4.69, 9.17) is 12.9 Å². The van der Waals surface area contributed by atoms with E-state index in [2.05, 4.69) is 41.4 Å². The fourth-order valence-electron chi connectivity index (χ4n) is 3.86. The lowest BCUT2D eigenvalue weighted by molar-refractivity contribution is 0.486. The molecule has 0 spiro atoms. The topological polar surface area (TPSA) is 48.4 Å². The monoisotopic (exact) mass is 409 g/mol. The van der Waals surface area contributed by atoms with E-state index >= 15 is 0 Å². The van der Waals surface area contributed by atoms with Gasteiger partial charge in [0.2, 0.25) is 5.88 Å². The molecule has 2 aromatic heterocycles. The van der Waals surface area contributed by atoms with Crippen LogP contribution >= 0.6 is 8.24 Å². The Kier molecular flexibility index (Phi) is 3.97. The van der Waals surface area contributed by atoms with Crippen molar-refractivity contribution in [1.29, 1.82) is 0 Å². The maximum Gasteiger partial charge on any atom is 0.454 e. The van der Waals surface area contributed by atoms with Crippen LogP contribution in [0.25, 0.3) is 43.5 Å². The normalized spacial score (nSPS) is 11.3. The maximum atomic E-state index is 6.28. The first-order valence-electron chi connectivity index (χ1n) is 9.66. The van der Waals surface area contributed by atoms with Crippen molar-refractivity contribution in [2.45, 2.75) is 0 Å². The van der Waals surface area contributed by atoms with Gasteiger partial charge in [-0.3, -0.25) is 0 Å². The Balaban J connectivity index is 1.81. The van der Waals surface area contributed by atoms with E-state index in [9.17, 15) is 0 Å². The molecule has 0 bridgehead atoms. The van der Waals surface area contributed by atoms with Crippen molar-refractivity contribution in [2.24, 2.45) is 0 Å². The Labute approximate surface area is 173 Å². The van der Waals surface area contributed by atoms with Crippen LogP contribution in [0.3, 0.4) is 0 Å². The van der Waals surface area contributed by atoms with E-state index in [0.29, 0.717) is 5.88 Å². The molecular formula is C25H16NO3P. The lowest BCUT2D eigenvalue weighted by Gasteiger charge is -2.05. The summed E-state index contributed by atoms with van der Waals surface area (Å²) < 4.78 is 18.5. The van der Waals surface area contributed by atoms with Gasteiger partial charge in [0.15, 0.2) is 0 Å². The zero-order valence-corrected chi connectivity index (χ0v) is 16.8. The summed E-state index contributed by atoms with van der Waals surface area (Å²) >= 11 is 0. The van der Waals surface area contributed by atoms with Gasteiger partial charge in [0.05, 0.1) is 0 Å². The Bertz CT molecular complexity index is 1480. The molecule has 6 aromatic rings. The zero-order chi connectivity index (χ0) is 19.9. The highest BCUT2D eigenvalue weighted by atomic mass is 31.1. The third kappa shape index (κ3) is 2.81. The highest BCUT2D eigenvalue weighted by Crippen LogP contribution is 2.41. The highest BCUT2D eigenvalue weighted by Gasteiger charge is 2.14. The lowest BCUT2D eigenvalue weighted by atomic mass is 9.99. The summed E-state index contributed by atoms with van der Waals surface area (Å²) in [4.78, 5) is 4.25. The number of pyridine rings is 1. The van der Waals surface area contributed by atoms with Gasteiger partial charge >= 0.3 is 8.24 Å². The number of fused-ring (bicyclic) bond motifs is 7. The van der Waals surface area contributed by atoms with Crippen LogP contribution in [-0.4, -0.2) is 4.98 Å². The van der Waals surface area contributed by atoms with Crippen molar-refractivity contribution in [3.8, 4) is 5.88 Å². The molecular weight excluding hydrogens is 393 g/mol. The van der Waals surface area contributed by atoms with E-state index < -0.39 is 8.24 Å². The van der Waals surface area contributed by atoms with Crippen molar-refractivity contribution in [3.63, 3.8) is 0 Å². The second-order valence-electron chi connectivity index (χ2n) is 6.99. The number of rotatable bonds is 2. The predicted molar refractivity (Wildman–Crippen MR) is 122 cm³/mol. The molecule has 0 N–H and O–H groups in total. The van der Waals surface area contributed by atoms with Gasteiger partial charge in [-0.15, -0.1) is 0 Å². The summed E-state index contributed by atoms with van der Waals surface area (Å²) in [6.45, 7) is 0. The van der Waals surface area contributed by atoms with Gasteiger partial charge in [-0.25, -0.2) is 4.98 Å². The van der Waals surface area contributed by atoms with Crippen molar-refractivity contribution < 1.29 is 12.9 Å². The van der Waals surface area contributed by atoms with Crippen LogP contribution in [0.5, 0.6) is 5.88 Å². The van der Waals surface area contributed by atoms with Crippen molar-refractivity contribution in [1.82, 2.24) is 4.98 Å². The molecule has 0 radical (unpaired) electrons. The van der Waals surface area contributed by atoms with Gasteiger partial charge in [0, 0.05) is 23.0 Å². The molecule has 0 amide bonds. The molecule has 0 saturated carbocycles. The second-order valence-corrected chi connectivity index (χ2v) is 7.98. The average Bonchev–Trinajstić information content (AvgIpc) is 2.96. The molecule has 0 fully saturated rings. The molecule has 0 aliphatic carbocycles. The summed E-state index contributed by atoms with van der Waals surface area (Å²) in [6.07, 6.45) is 1.69. The first-order chi connectivity index (χ1) is 14.9. The third-order valence-electron chi connectivity index (χ3n) is 5.18. The Morgan fingerprint density at radius 1 is 0.600 bits per heavy atom. The second kappa shape index (κ2) is 6.94. The average molecular weight is 409 g/mol. The van der Waals surface area contributed by atoms with E-state index in [1.165, 1.54) is 0 Å². The maximum absolute atomic E-state index is 6.28. The lowest BCUT2D eigenvalue weighted by Crippen LogP contribution is -1.81. The molecule has 144 valence electrons. The van der Waals surface area contributed by atoms with E-state index in [1.54, 1.807) is 12.3 Å². The van der Waals surface area contributed by atoms with Crippen molar-refractivity contribution >= 4 is 51.7 Å². The van der Waals surface area contributed by atoms with Crippen molar-refractivity contribution in [3.05, 3.63) is 97.2 Å². The Hall–Kier alpha value is -3.75. The third-order valence-corrected chi connectivity index (χ3v) is 6.21. The molecule has 0 saturated heterocycles. The first-order valence-corrected chi connectivity index (χ1v) is 10.8. The molecule has 5 heteroatoms. The van der Waals surface area contributed by atoms with Gasteiger partial charge < -0.3 is 12.9 Å². The number of hydrogen-bond acceptors (Lipinski definition) is 4. The Morgan fingerprint density at radius 3 is 1.73 bits per heavy atom. The number of nitrogens with zero attached hydrogens (tertiary/aromatic N) is 1. The predicted octanol–water partition coefficient (Wildman–Crippen LogP) is 7.83. The minimum Gasteiger partial charge on any atom is -0.390 e. The molecule has 30 heavy (non-hydrogen) atoms. The van der Waals surface area contributed by atoms with Crippen LogP contribution in [0, 0.1) is 0 Å². The zero-order valence-electron chi connectivity index (χ0n) is 15.9. The molecule has 0 aliphatic rings. The van der Waals surface area contributed by atoms with Gasteiger partial charge in [0.25, 0.3) is 0 Å². The summed E-state index contributed by atoms with van der Waals surface area (Å²) in [5.41, 5.74) is 1.48. The van der Waals surface area contributed by atoms with Crippen LogP contribution in [-0.2, 0) is 0 Å². The molecule has 0 atom stereocenters. The van der Waals surface area contributed by atoms with E-state index in [1.807, 2.05) is 48.5 Å². The molecule has 4 nitrogen and oxygen atoms in total. The summed E-state index contributed by atoms with van der Waals surface area (Å²) in [7, 11) is -1.72. The SMILES string of the molecule is c1ccc(Op2oc3ccc4ccccc4c3c3c(ccc4ccccc43)o2)nc1. The fraction of sp³-hybridized carbons (Fsp3) is 0. The standard InChI is InChI=1S/C25H16NO3P/c1-3-9-19-17(7-1)12-14-21-24(19)25-20-10-4-2-8-18(20)13-15-22(25)28-30(27-21)29-23-11-5-6-16-26-23/h1-16H. The van der Waals surface area contributed by atoms with Gasteiger partial charge in [0.1, 0.15) is 11.2 Å². The van der Waals surface area contributed by atoms with Crippen LogP contribution in [0.15, 0.2) is 106 Å². The van der Waals surface area contributed by atoms with Gasteiger partial charge in [-0.1, -0.05) is 66.7 Å². The number of aromatic nitrogens is 1. The van der Waals surface area contributed by atoms with Crippen LogP contribution in [0.4, 0.5) is 0 Å². The van der Waals surface area contributed by atoms with Crippen LogP contribution in [0.1, 0.15) is 0 Å². The molecule has 0 aliphatic heterocycles. The number of hydrogen-bond donors (Lipinski definition) is 0. The van der Waals surface area contributed by atoms with Crippen molar-refractivity contribution in [2.75, 3.05) is 0 Å². The fourth-order valence-corrected chi connectivity index (χ4v) is 4.86. The minimum atomic E-state index is -1.72. The summed E-state index contributed by atoms with van der Waals surface area (Å²) in [5, 5.41) is 6.58. The summed E-state index contributed by atoms with van der Waals surface area (Å²) in [5.74, 6) is 0.468. The minimum absolute atomic E-state index is 0.468. The Morgan fingerprint density at radius 2 is 1.17 bits per heavy atom. The summed E-state index contributed by atoms with van der Waals surface area (Å²) in [6, 6.07) is 30.3. The molecule has 0 unspecified atom stereocenters. The van der Waals surface area contributed by atoms with Gasteiger partial charge in [-0.05, 0) is 39.7 Å².